The molecule has 1 saturated heterocycles. The van der Waals surface area contributed by atoms with Crippen molar-refractivity contribution in [2.24, 2.45) is 0 Å². The third-order valence-electron chi connectivity index (χ3n) is 8.51. The molecule has 0 saturated carbocycles. The summed E-state index contributed by atoms with van der Waals surface area (Å²) < 4.78 is 47.3. The Labute approximate surface area is 275 Å². The number of halogens is 2. The van der Waals surface area contributed by atoms with Gasteiger partial charge in [-0.15, -0.1) is 0 Å². The van der Waals surface area contributed by atoms with Crippen LogP contribution >= 0.6 is 11.6 Å². The number of carbonyl (C=O) groups is 2. The van der Waals surface area contributed by atoms with Crippen LogP contribution in [-0.2, 0) is 27.8 Å². The van der Waals surface area contributed by atoms with Crippen LogP contribution in [0.25, 0.3) is 11.1 Å². The third-order valence-corrected chi connectivity index (χ3v) is 9.59. The van der Waals surface area contributed by atoms with Crippen molar-refractivity contribution >= 4 is 39.2 Å². The number of ether oxygens (including phenoxy) is 1. The summed E-state index contributed by atoms with van der Waals surface area (Å²) in [5.74, 6) is -0.465. The number of rotatable bonds is 9. The average Bonchev–Trinajstić information content (AvgIpc) is 3.20. The SMILES string of the molecule is COc1ccc2c(c1)CCN(C1CCN(C(=O)Cn3cc(-c4cccc(F)c4Cl)c(=O)n([C@@H](C)CNS(C)(=O)=O)c3=O)CC1)C(=O)N2. The van der Waals surface area contributed by atoms with E-state index in [4.69, 9.17) is 16.3 Å². The number of urea groups is 1. The number of nitrogens with zero attached hydrogens (tertiary/aromatic N) is 4. The van der Waals surface area contributed by atoms with Gasteiger partial charge in [0.25, 0.3) is 5.56 Å². The molecule has 0 unspecified atom stereocenters. The van der Waals surface area contributed by atoms with Crippen LogP contribution in [0.5, 0.6) is 5.75 Å². The minimum Gasteiger partial charge on any atom is -0.497 e. The van der Waals surface area contributed by atoms with Crippen molar-refractivity contribution in [1.82, 2.24) is 23.7 Å². The van der Waals surface area contributed by atoms with Gasteiger partial charge in [-0.2, -0.15) is 0 Å². The Bertz CT molecular complexity index is 1920. The molecule has 1 atom stereocenters. The summed E-state index contributed by atoms with van der Waals surface area (Å²) in [4.78, 5) is 57.1. The van der Waals surface area contributed by atoms with E-state index in [1.54, 1.807) is 23.0 Å². The zero-order valence-electron chi connectivity index (χ0n) is 26.2. The summed E-state index contributed by atoms with van der Waals surface area (Å²) in [7, 11) is -2.06. The van der Waals surface area contributed by atoms with Gasteiger partial charge in [-0.1, -0.05) is 23.7 Å². The highest BCUT2D eigenvalue weighted by Gasteiger charge is 2.32. The van der Waals surface area contributed by atoms with Crippen molar-refractivity contribution < 1.29 is 27.1 Å². The number of benzene rings is 2. The van der Waals surface area contributed by atoms with Gasteiger partial charge >= 0.3 is 11.7 Å². The highest BCUT2D eigenvalue weighted by atomic mass is 35.5. The molecular weight excluding hydrogens is 655 g/mol. The lowest BCUT2D eigenvalue weighted by molar-refractivity contribution is -0.133. The van der Waals surface area contributed by atoms with Crippen LogP contribution < -0.4 is 26.0 Å². The first-order chi connectivity index (χ1) is 22.3. The molecule has 47 heavy (non-hydrogen) atoms. The van der Waals surface area contributed by atoms with E-state index in [0.717, 1.165) is 32.7 Å². The van der Waals surface area contributed by atoms with Gasteiger partial charge in [-0.05, 0) is 56.0 Å². The summed E-state index contributed by atoms with van der Waals surface area (Å²) in [6.45, 7) is 1.93. The van der Waals surface area contributed by atoms with E-state index in [9.17, 15) is 32.0 Å². The van der Waals surface area contributed by atoms with Crippen LogP contribution in [0.1, 0.15) is 31.4 Å². The van der Waals surface area contributed by atoms with Gasteiger partial charge in [0.2, 0.25) is 15.9 Å². The Morgan fingerprint density at radius 1 is 1.13 bits per heavy atom. The van der Waals surface area contributed by atoms with Gasteiger partial charge < -0.3 is 19.9 Å². The maximum atomic E-state index is 14.4. The number of fused-ring (bicyclic) bond motifs is 1. The van der Waals surface area contributed by atoms with Crippen molar-refractivity contribution in [3.05, 3.63) is 79.8 Å². The summed E-state index contributed by atoms with van der Waals surface area (Å²) >= 11 is 6.20. The highest BCUT2D eigenvalue weighted by molar-refractivity contribution is 7.88. The lowest BCUT2D eigenvalue weighted by atomic mass is 10.0. The maximum absolute atomic E-state index is 14.4. The van der Waals surface area contributed by atoms with Crippen molar-refractivity contribution in [2.75, 3.05) is 44.9 Å². The Morgan fingerprint density at radius 3 is 2.53 bits per heavy atom. The van der Waals surface area contributed by atoms with Gasteiger partial charge in [-0.3, -0.25) is 18.7 Å². The molecule has 3 amide bonds. The van der Waals surface area contributed by atoms with Crippen molar-refractivity contribution in [2.45, 2.75) is 44.8 Å². The number of nitrogens with one attached hydrogen (secondary N) is 2. The first kappa shape index (κ1) is 34.1. The number of anilines is 1. The number of carbonyl (C=O) groups excluding carboxylic acids is 2. The predicted octanol–water partition coefficient (Wildman–Crippen LogP) is 2.67. The first-order valence-corrected chi connectivity index (χ1v) is 17.3. The van der Waals surface area contributed by atoms with E-state index in [1.807, 2.05) is 12.1 Å². The molecule has 5 rings (SSSR count). The van der Waals surface area contributed by atoms with Gasteiger partial charge in [0.15, 0.2) is 0 Å². The Morgan fingerprint density at radius 2 is 1.85 bits per heavy atom. The van der Waals surface area contributed by atoms with Crippen LogP contribution in [0.4, 0.5) is 14.9 Å². The monoisotopic (exact) mass is 690 g/mol. The lowest BCUT2D eigenvalue weighted by Gasteiger charge is -2.38. The molecule has 252 valence electrons. The normalized spacial score (nSPS) is 16.3. The fourth-order valence-corrected chi connectivity index (χ4v) is 6.73. The Hall–Kier alpha value is -4.21. The third kappa shape index (κ3) is 7.52. The zero-order chi connectivity index (χ0) is 34.0. The molecule has 16 heteroatoms. The second kappa shape index (κ2) is 13.9. The molecule has 0 aliphatic carbocycles. The number of hydrogen-bond donors (Lipinski definition) is 2. The van der Waals surface area contributed by atoms with E-state index in [2.05, 4.69) is 10.0 Å². The molecule has 2 N–H and O–H groups in total. The molecule has 2 aliphatic heterocycles. The average molecular weight is 691 g/mol. The van der Waals surface area contributed by atoms with Gasteiger partial charge in [0.1, 0.15) is 18.1 Å². The minimum absolute atomic E-state index is 0.0204. The highest BCUT2D eigenvalue weighted by Crippen LogP contribution is 2.29. The molecular formula is C31H36ClFN6O7S. The van der Waals surface area contributed by atoms with Crippen molar-refractivity contribution in [3.63, 3.8) is 0 Å². The van der Waals surface area contributed by atoms with Crippen LogP contribution in [0, 0.1) is 5.82 Å². The molecule has 2 aromatic carbocycles. The standard InChI is InChI=1S/C31H36ClFN6O7S/c1-19(16-34-47(3,44)45)39-29(41)24(23-5-4-6-25(33)28(23)32)17-37(31(39)43)18-27(40)36-12-10-21(11-13-36)38-14-9-20-15-22(46-2)7-8-26(20)35-30(38)42/h4-8,15,17,19,21,34H,9-14,16,18H2,1-3H3,(H,35,42)/t19-/m0/s1. The van der Waals surface area contributed by atoms with E-state index in [-0.39, 0.29) is 34.8 Å². The molecule has 3 heterocycles. The maximum Gasteiger partial charge on any atom is 0.331 e. The van der Waals surface area contributed by atoms with Crippen LogP contribution in [0.15, 0.2) is 52.2 Å². The number of likely N-dealkylation sites (tertiary alicyclic amines) is 1. The second-order valence-electron chi connectivity index (χ2n) is 11.7. The van der Waals surface area contributed by atoms with Gasteiger partial charge in [0, 0.05) is 49.7 Å². The molecule has 13 nitrogen and oxygen atoms in total. The topological polar surface area (TPSA) is 152 Å². The number of piperidine rings is 1. The molecule has 0 radical (unpaired) electrons. The van der Waals surface area contributed by atoms with E-state index in [0.29, 0.717) is 44.6 Å². The molecule has 3 aromatic rings. The summed E-state index contributed by atoms with van der Waals surface area (Å²) in [6, 6.07) is 8.14. The van der Waals surface area contributed by atoms with Gasteiger partial charge in [-0.25, -0.2) is 27.1 Å². The number of aromatic nitrogens is 2. The molecule has 1 aromatic heterocycles. The summed E-state index contributed by atoms with van der Waals surface area (Å²) in [6.07, 6.45) is 3.80. The molecule has 1 fully saturated rings. The fourth-order valence-electron chi connectivity index (χ4n) is 5.96. The predicted molar refractivity (Wildman–Crippen MR) is 175 cm³/mol. The van der Waals surface area contributed by atoms with Crippen LogP contribution in [0.3, 0.4) is 0 Å². The van der Waals surface area contributed by atoms with E-state index in [1.165, 1.54) is 25.3 Å². The smallest absolute Gasteiger partial charge is 0.331 e. The van der Waals surface area contributed by atoms with Crippen molar-refractivity contribution in [3.8, 4) is 16.9 Å². The zero-order valence-corrected chi connectivity index (χ0v) is 27.7. The van der Waals surface area contributed by atoms with Crippen molar-refractivity contribution in [1.29, 1.82) is 0 Å². The largest absolute Gasteiger partial charge is 0.497 e. The van der Waals surface area contributed by atoms with Crippen LogP contribution in [-0.4, -0.2) is 84.9 Å². The lowest BCUT2D eigenvalue weighted by Crippen LogP contribution is -2.51. The molecule has 2 aliphatic rings. The molecule has 0 bridgehead atoms. The Kier molecular flexibility index (Phi) is 10.1. The number of hydrogen-bond acceptors (Lipinski definition) is 7. The van der Waals surface area contributed by atoms with Gasteiger partial charge in [0.05, 0.1) is 30.0 Å². The summed E-state index contributed by atoms with van der Waals surface area (Å²) in [5.41, 5.74) is -0.0524. The first-order valence-electron chi connectivity index (χ1n) is 15.0. The van der Waals surface area contributed by atoms with Crippen LogP contribution in [0.2, 0.25) is 5.02 Å². The fraction of sp³-hybridized carbons (Fsp3) is 0.419. The minimum atomic E-state index is -3.65. The summed E-state index contributed by atoms with van der Waals surface area (Å²) in [5, 5.41) is 2.63. The number of sulfonamides is 1. The van der Waals surface area contributed by atoms with E-state index < -0.39 is 45.6 Å². The number of methoxy groups -OCH3 is 1. The van der Waals surface area contributed by atoms with E-state index >= 15 is 0 Å². The Balaban J connectivity index is 1.34. The number of amides is 3. The second-order valence-corrected chi connectivity index (χ2v) is 13.9. The molecule has 0 spiro atoms. The quantitative estimate of drug-likeness (QED) is 0.350.